The van der Waals surface area contributed by atoms with Crippen LogP contribution in [0.3, 0.4) is 0 Å². The summed E-state index contributed by atoms with van der Waals surface area (Å²) in [6.07, 6.45) is 0. The molecule has 0 saturated carbocycles. The number of carbonyl (C=O) groups is 1. The zero-order valence-electron chi connectivity index (χ0n) is 8.94. The van der Waals surface area contributed by atoms with Crippen molar-refractivity contribution in [3.05, 3.63) is 29.3 Å². The van der Waals surface area contributed by atoms with E-state index in [1.807, 2.05) is 13.0 Å². The molecule has 0 fully saturated rings. The number of ketones is 1. The molecule has 1 N–H and O–H groups in total. The molecule has 0 bridgehead atoms. The monoisotopic (exact) mass is 207 g/mol. The molecule has 0 amide bonds. The average molecular weight is 207 g/mol. The Balaban J connectivity index is 3.23. The number of methoxy groups -OCH3 is 1. The molecule has 15 heavy (non-hydrogen) atoms. The lowest BCUT2D eigenvalue weighted by molar-refractivity contribution is 0.105. The minimum absolute atomic E-state index is 0.0406. The Kier molecular flexibility index (Phi) is 3.44. The molecule has 0 aliphatic heterocycles. The normalized spacial score (nSPS) is 11.3. The van der Waals surface area contributed by atoms with Crippen molar-refractivity contribution >= 4 is 11.5 Å². The van der Waals surface area contributed by atoms with Crippen molar-refractivity contribution in [3.8, 4) is 5.75 Å². The number of nitrogens with zero attached hydrogens (tertiary/aromatic N) is 1. The summed E-state index contributed by atoms with van der Waals surface area (Å²) in [7, 11) is 1.49. The lowest BCUT2D eigenvalue weighted by Crippen LogP contribution is -2.12. The number of benzene rings is 1. The number of hydrogen-bond donors (Lipinski definition) is 1. The summed E-state index contributed by atoms with van der Waals surface area (Å²) in [6, 6.07) is 5.27. The van der Waals surface area contributed by atoms with Gasteiger partial charge in [0.1, 0.15) is 11.5 Å². The number of hydrogen-bond acceptors (Lipinski definition) is 4. The van der Waals surface area contributed by atoms with Crippen molar-refractivity contribution in [2.45, 2.75) is 13.8 Å². The summed E-state index contributed by atoms with van der Waals surface area (Å²) < 4.78 is 5.06. The van der Waals surface area contributed by atoms with Gasteiger partial charge in [-0.05, 0) is 26.0 Å². The Labute approximate surface area is 88.2 Å². The van der Waals surface area contributed by atoms with Crippen LogP contribution in [-0.4, -0.2) is 23.8 Å². The van der Waals surface area contributed by atoms with Crippen molar-refractivity contribution in [1.29, 1.82) is 0 Å². The summed E-state index contributed by atoms with van der Waals surface area (Å²) in [5.74, 6) is 0.145. The SMILES string of the molecule is COc1ccc(C)cc1C(=O)/C(C)=N/O. The van der Waals surface area contributed by atoms with E-state index in [0.29, 0.717) is 11.3 Å². The van der Waals surface area contributed by atoms with Crippen LogP contribution < -0.4 is 4.74 Å². The van der Waals surface area contributed by atoms with E-state index in [2.05, 4.69) is 5.16 Å². The second kappa shape index (κ2) is 4.59. The predicted molar refractivity (Wildman–Crippen MR) is 57.0 cm³/mol. The van der Waals surface area contributed by atoms with Gasteiger partial charge in [-0.2, -0.15) is 0 Å². The summed E-state index contributed by atoms with van der Waals surface area (Å²) in [5.41, 5.74) is 1.40. The van der Waals surface area contributed by atoms with E-state index < -0.39 is 0 Å². The molecule has 0 unspecified atom stereocenters. The summed E-state index contributed by atoms with van der Waals surface area (Å²) in [4.78, 5) is 11.7. The van der Waals surface area contributed by atoms with Gasteiger partial charge in [0.15, 0.2) is 0 Å². The Morgan fingerprint density at radius 2 is 2.13 bits per heavy atom. The molecule has 4 nitrogen and oxygen atoms in total. The molecule has 4 heteroatoms. The topological polar surface area (TPSA) is 58.9 Å². The van der Waals surface area contributed by atoms with E-state index in [0.717, 1.165) is 5.56 Å². The van der Waals surface area contributed by atoms with E-state index in [4.69, 9.17) is 9.94 Å². The Hall–Kier alpha value is -1.84. The van der Waals surface area contributed by atoms with Gasteiger partial charge in [-0.25, -0.2) is 0 Å². The fourth-order valence-electron chi connectivity index (χ4n) is 1.24. The van der Waals surface area contributed by atoms with Gasteiger partial charge in [-0.3, -0.25) is 4.79 Å². The van der Waals surface area contributed by atoms with E-state index in [9.17, 15) is 4.79 Å². The Morgan fingerprint density at radius 1 is 1.47 bits per heavy atom. The molecule has 0 heterocycles. The van der Waals surface area contributed by atoms with Crippen molar-refractivity contribution in [1.82, 2.24) is 0 Å². The maximum Gasteiger partial charge on any atom is 0.213 e. The highest BCUT2D eigenvalue weighted by Crippen LogP contribution is 2.20. The van der Waals surface area contributed by atoms with Crippen LogP contribution in [0.25, 0.3) is 0 Å². The first-order chi connectivity index (χ1) is 7.10. The van der Waals surface area contributed by atoms with Crippen LogP contribution in [0.15, 0.2) is 23.4 Å². The van der Waals surface area contributed by atoms with Crippen LogP contribution in [0.1, 0.15) is 22.8 Å². The summed E-state index contributed by atoms with van der Waals surface area (Å²) in [6.45, 7) is 3.33. The molecule has 0 saturated heterocycles. The van der Waals surface area contributed by atoms with E-state index >= 15 is 0 Å². The standard InChI is InChI=1S/C11H13NO3/c1-7-4-5-10(15-3)9(6-7)11(13)8(2)12-14/h4-6,14H,1-3H3/b12-8+. The van der Waals surface area contributed by atoms with Crippen molar-refractivity contribution in [2.75, 3.05) is 7.11 Å². The van der Waals surface area contributed by atoms with Gasteiger partial charge in [-0.15, -0.1) is 0 Å². The second-order valence-corrected chi connectivity index (χ2v) is 3.22. The molecule has 0 aliphatic carbocycles. The van der Waals surface area contributed by atoms with E-state index in [1.165, 1.54) is 14.0 Å². The van der Waals surface area contributed by atoms with Crippen LogP contribution in [0.5, 0.6) is 5.75 Å². The third-order valence-electron chi connectivity index (χ3n) is 2.08. The molecular formula is C11H13NO3. The Morgan fingerprint density at radius 3 is 2.67 bits per heavy atom. The van der Waals surface area contributed by atoms with E-state index in [-0.39, 0.29) is 11.5 Å². The molecule has 0 aliphatic rings. The fourth-order valence-corrected chi connectivity index (χ4v) is 1.24. The summed E-state index contributed by atoms with van der Waals surface area (Å²) >= 11 is 0. The largest absolute Gasteiger partial charge is 0.496 e. The van der Waals surface area contributed by atoms with Crippen LogP contribution in [0.2, 0.25) is 0 Å². The van der Waals surface area contributed by atoms with Gasteiger partial charge in [-0.1, -0.05) is 16.8 Å². The van der Waals surface area contributed by atoms with Gasteiger partial charge in [0, 0.05) is 0 Å². The molecule has 0 atom stereocenters. The lowest BCUT2D eigenvalue weighted by atomic mass is 10.0. The average Bonchev–Trinajstić information content (AvgIpc) is 2.27. The molecular weight excluding hydrogens is 194 g/mol. The molecule has 1 rings (SSSR count). The van der Waals surface area contributed by atoms with Crippen LogP contribution in [0.4, 0.5) is 0 Å². The first-order valence-electron chi connectivity index (χ1n) is 4.48. The highest BCUT2D eigenvalue weighted by Gasteiger charge is 2.15. The molecule has 1 aromatic carbocycles. The molecule has 0 radical (unpaired) electrons. The third-order valence-corrected chi connectivity index (χ3v) is 2.08. The highest BCUT2D eigenvalue weighted by molar-refractivity contribution is 6.45. The van der Waals surface area contributed by atoms with Crippen molar-refractivity contribution in [2.24, 2.45) is 5.16 Å². The number of carbonyl (C=O) groups excluding carboxylic acids is 1. The van der Waals surface area contributed by atoms with Crippen LogP contribution in [-0.2, 0) is 0 Å². The van der Waals surface area contributed by atoms with Gasteiger partial charge in [0.2, 0.25) is 5.78 Å². The smallest absolute Gasteiger partial charge is 0.213 e. The first kappa shape index (κ1) is 11.2. The quantitative estimate of drug-likeness (QED) is 0.357. The van der Waals surface area contributed by atoms with Crippen LogP contribution >= 0.6 is 0 Å². The van der Waals surface area contributed by atoms with Crippen molar-refractivity contribution < 1.29 is 14.7 Å². The zero-order chi connectivity index (χ0) is 11.4. The number of aryl methyl sites for hydroxylation is 1. The maximum atomic E-state index is 11.7. The molecule has 1 aromatic rings. The summed E-state index contributed by atoms with van der Waals surface area (Å²) in [5, 5.41) is 11.4. The van der Waals surface area contributed by atoms with Gasteiger partial charge in [0.25, 0.3) is 0 Å². The minimum atomic E-state index is -0.335. The van der Waals surface area contributed by atoms with E-state index in [1.54, 1.807) is 12.1 Å². The van der Waals surface area contributed by atoms with Crippen LogP contribution in [0, 0.1) is 6.92 Å². The number of oxime groups is 1. The number of ether oxygens (including phenoxy) is 1. The molecule has 0 aromatic heterocycles. The number of Topliss-reactive ketones (excluding diaryl/α,β-unsaturated/α-hetero) is 1. The number of rotatable bonds is 3. The molecule has 80 valence electrons. The maximum absolute atomic E-state index is 11.7. The second-order valence-electron chi connectivity index (χ2n) is 3.22. The Bertz CT molecular complexity index is 410. The van der Waals surface area contributed by atoms with Gasteiger partial charge < -0.3 is 9.94 Å². The fraction of sp³-hybridized carbons (Fsp3) is 0.273. The minimum Gasteiger partial charge on any atom is -0.496 e. The molecule has 0 spiro atoms. The zero-order valence-corrected chi connectivity index (χ0v) is 8.94. The van der Waals surface area contributed by atoms with Gasteiger partial charge in [0.05, 0.1) is 12.7 Å². The third kappa shape index (κ3) is 2.34. The van der Waals surface area contributed by atoms with Gasteiger partial charge >= 0.3 is 0 Å². The van der Waals surface area contributed by atoms with Crippen molar-refractivity contribution in [3.63, 3.8) is 0 Å². The predicted octanol–water partition coefficient (Wildman–Crippen LogP) is 2.04. The lowest BCUT2D eigenvalue weighted by Gasteiger charge is -2.07. The first-order valence-corrected chi connectivity index (χ1v) is 4.48. The highest BCUT2D eigenvalue weighted by atomic mass is 16.5.